The molecule has 0 bridgehead atoms. The Morgan fingerprint density at radius 3 is 2.58 bits per heavy atom. The lowest BCUT2D eigenvalue weighted by atomic mass is 9.57. The maximum Gasteiger partial charge on any atom is 0.342 e. The third kappa shape index (κ3) is 1.98. The molecule has 0 amide bonds. The van der Waals surface area contributed by atoms with Crippen LogP contribution < -0.4 is 0 Å². The summed E-state index contributed by atoms with van der Waals surface area (Å²) < 4.78 is 11.4. The number of ketones is 1. The zero-order valence-corrected chi connectivity index (χ0v) is 15.6. The summed E-state index contributed by atoms with van der Waals surface area (Å²) in [5, 5.41) is 22.4. The quantitative estimate of drug-likeness (QED) is 0.383. The van der Waals surface area contributed by atoms with Gasteiger partial charge < -0.3 is 19.7 Å². The van der Waals surface area contributed by atoms with E-state index in [2.05, 4.69) is 0 Å². The number of rotatable bonds is 0. The summed E-state index contributed by atoms with van der Waals surface area (Å²) in [7, 11) is 0. The van der Waals surface area contributed by atoms with Crippen LogP contribution in [0.5, 0.6) is 0 Å². The monoisotopic (exact) mass is 362 g/mol. The second kappa shape index (κ2) is 5.27. The van der Waals surface area contributed by atoms with Gasteiger partial charge in [0.25, 0.3) is 0 Å². The first-order valence-corrected chi connectivity index (χ1v) is 9.25. The van der Waals surface area contributed by atoms with Crippen molar-refractivity contribution < 1.29 is 29.3 Å². The van der Waals surface area contributed by atoms with Gasteiger partial charge in [0.2, 0.25) is 0 Å². The van der Waals surface area contributed by atoms with E-state index in [1.54, 1.807) is 19.9 Å². The first-order valence-electron chi connectivity index (χ1n) is 9.25. The topological polar surface area (TPSA) is 96.4 Å². The van der Waals surface area contributed by atoms with Gasteiger partial charge in [-0.1, -0.05) is 25.5 Å². The van der Waals surface area contributed by atoms with E-state index in [0.29, 0.717) is 12.8 Å². The molecular formula is C20H26O6. The van der Waals surface area contributed by atoms with Crippen LogP contribution in [0.15, 0.2) is 23.8 Å². The molecule has 6 heteroatoms. The van der Waals surface area contributed by atoms with E-state index in [0.717, 1.165) is 5.57 Å². The van der Waals surface area contributed by atoms with E-state index >= 15 is 0 Å². The molecule has 0 aromatic carbocycles. The lowest BCUT2D eigenvalue weighted by molar-refractivity contribution is -0.157. The summed E-state index contributed by atoms with van der Waals surface area (Å²) in [6, 6.07) is 0. The number of aliphatic hydroxyl groups is 2. The first-order chi connectivity index (χ1) is 12.1. The Balaban J connectivity index is 1.88. The molecule has 2 heterocycles. The van der Waals surface area contributed by atoms with Crippen molar-refractivity contribution in [2.75, 3.05) is 0 Å². The van der Waals surface area contributed by atoms with Crippen LogP contribution in [0.1, 0.15) is 40.5 Å². The fourth-order valence-corrected chi connectivity index (χ4v) is 5.30. The van der Waals surface area contributed by atoms with Crippen LogP contribution in [0.2, 0.25) is 0 Å². The molecule has 2 N–H and O–H groups in total. The Kier molecular flexibility index (Phi) is 3.63. The number of hydrogen-bond donors (Lipinski definition) is 2. The van der Waals surface area contributed by atoms with E-state index in [1.807, 2.05) is 19.9 Å². The number of aliphatic hydroxyl groups excluding tert-OH is 2. The molecule has 0 unspecified atom stereocenters. The third-order valence-electron chi connectivity index (χ3n) is 7.18. The molecule has 2 saturated heterocycles. The summed E-state index contributed by atoms with van der Waals surface area (Å²) in [4.78, 5) is 24.8. The average Bonchev–Trinajstić information content (AvgIpc) is 3.17. The summed E-state index contributed by atoms with van der Waals surface area (Å²) in [6.07, 6.45) is 3.63. The number of epoxide rings is 1. The van der Waals surface area contributed by atoms with Crippen molar-refractivity contribution in [2.24, 2.45) is 17.3 Å². The SMILES string of the molecule is C/C1=C/[C@@H]2OC(=O)[C@]3(C)O[C@@]23[C@H](O)[C@H]2[C@@H](C)C(=O)C=C[C@]2(C)[C@@H](O)CC1. The van der Waals surface area contributed by atoms with Crippen molar-refractivity contribution in [1.82, 2.24) is 0 Å². The largest absolute Gasteiger partial charge is 0.453 e. The maximum absolute atomic E-state index is 12.4. The number of fused-ring (bicyclic) bond motifs is 1. The Labute approximate surface area is 152 Å². The van der Waals surface area contributed by atoms with Gasteiger partial charge in [-0.05, 0) is 38.8 Å². The van der Waals surface area contributed by atoms with Gasteiger partial charge in [0, 0.05) is 17.3 Å². The third-order valence-corrected chi connectivity index (χ3v) is 7.18. The van der Waals surface area contributed by atoms with Gasteiger partial charge in [-0.15, -0.1) is 0 Å². The molecule has 2 aliphatic carbocycles. The average molecular weight is 362 g/mol. The minimum Gasteiger partial charge on any atom is -0.453 e. The Morgan fingerprint density at radius 1 is 1.23 bits per heavy atom. The number of allylic oxidation sites excluding steroid dienone is 2. The fraction of sp³-hybridized carbons (Fsp3) is 0.700. The number of carbonyl (C=O) groups is 2. The van der Waals surface area contributed by atoms with Gasteiger partial charge in [0.05, 0.1) is 12.2 Å². The molecule has 142 valence electrons. The van der Waals surface area contributed by atoms with Gasteiger partial charge in [0.1, 0.15) is 0 Å². The van der Waals surface area contributed by atoms with Crippen molar-refractivity contribution in [3.63, 3.8) is 0 Å². The highest BCUT2D eigenvalue weighted by Gasteiger charge is 2.85. The van der Waals surface area contributed by atoms with Gasteiger partial charge in [-0.2, -0.15) is 0 Å². The zero-order valence-electron chi connectivity index (χ0n) is 15.6. The molecule has 0 saturated carbocycles. The van der Waals surface area contributed by atoms with E-state index in [4.69, 9.17) is 9.47 Å². The van der Waals surface area contributed by atoms with Crippen LogP contribution in [0.4, 0.5) is 0 Å². The van der Waals surface area contributed by atoms with Crippen LogP contribution in [-0.4, -0.2) is 51.5 Å². The highest BCUT2D eigenvalue weighted by atomic mass is 16.7. The standard InChI is InChI=1S/C20H26O6/c1-10-5-6-13(22)18(3)8-7-12(21)11(2)15(18)16(23)20-14(9-10)25-17(24)19(20,4)26-20/h7-9,11,13-16,22-23H,5-6H2,1-4H3/b10-9-/t11-,13-,14-,15+,16+,18+,19-,20+/m0/s1. The van der Waals surface area contributed by atoms with Gasteiger partial charge in [0.15, 0.2) is 23.1 Å². The minimum absolute atomic E-state index is 0.0944. The first kappa shape index (κ1) is 17.9. The van der Waals surface area contributed by atoms with Gasteiger partial charge >= 0.3 is 5.97 Å². The van der Waals surface area contributed by atoms with Crippen LogP contribution in [0.3, 0.4) is 0 Å². The summed E-state index contributed by atoms with van der Waals surface area (Å²) in [5.74, 6) is -1.67. The van der Waals surface area contributed by atoms with Gasteiger partial charge in [-0.3, -0.25) is 4.79 Å². The molecule has 26 heavy (non-hydrogen) atoms. The van der Waals surface area contributed by atoms with Crippen molar-refractivity contribution in [3.05, 3.63) is 23.8 Å². The van der Waals surface area contributed by atoms with Crippen molar-refractivity contribution in [1.29, 1.82) is 0 Å². The van der Waals surface area contributed by atoms with Crippen LogP contribution in [0, 0.1) is 17.3 Å². The normalized spacial score (nSPS) is 55.2. The highest BCUT2D eigenvalue weighted by molar-refractivity contribution is 5.93. The maximum atomic E-state index is 12.4. The molecule has 2 fully saturated rings. The molecule has 4 aliphatic rings. The van der Waals surface area contributed by atoms with Crippen LogP contribution >= 0.6 is 0 Å². The number of esters is 1. The minimum atomic E-state index is -1.22. The smallest absolute Gasteiger partial charge is 0.342 e. The van der Waals surface area contributed by atoms with Gasteiger partial charge in [-0.25, -0.2) is 4.79 Å². The Morgan fingerprint density at radius 2 is 1.92 bits per heavy atom. The number of hydrogen-bond acceptors (Lipinski definition) is 6. The van der Waals surface area contributed by atoms with Crippen LogP contribution in [-0.2, 0) is 19.1 Å². The predicted octanol–water partition coefficient (Wildman–Crippen LogP) is 1.30. The molecule has 2 aliphatic heterocycles. The fourth-order valence-electron chi connectivity index (χ4n) is 5.30. The lowest BCUT2D eigenvalue weighted by Gasteiger charge is -2.48. The second-order valence-corrected chi connectivity index (χ2v) is 8.68. The lowest BCUT2D eigenvalue weighted by Crippen LogP contribution is -2.57. The molecule has 0 aromatic heterocycles. The summed E-state index contributed by atoms with van der Waals surface area (Å²) in [5.41, 5.74) is -2.27. The molecule has 0 aromatic rings. The molecule has 4 rings (SSSR count). The summed E-state index contributed by atoms with van der Waals surface area (Å²) >= 11 is 0. The Bertz CT molecular complexity index is 741. The van der Waals surface area contributed by atoms with Crippen molar-refractivity contribution >= 4 is 11.8 Å². The van der Waals surface area contributed by atoms with Crippen molar-refractivity contribution in [2.45, 2.75) is 70.1 Å². The molecule has 0 radical (unpaired) electrons. The molecule has 6 nitrogen and oxygen atoms in total. The zero-order chi connectivity index (χ0) is 19.1. The summed E-state index contributed by atoms with van der Waals surface area (Å²) in [6.45, 7) is 7.19. The van der Waals surface area contributed by atoms with E-state index in [1.165, 1.54) is 6.08 Å². The van der Waals surface area contributed by atoms with E-state index < -0.39 is 52.7 Å². The van der Waals surface area contributed by atoms with E-state index in [9.17, 15) is 19.8 Å². The molecule has 1 spiro atoms. The Hall–Kier alpha value is -1.50. The predicted molar refractivity (Wildman–Crippen MR) is 92.0 cm³/mol. The number of carbonyl (C=O) groups excluding carboxylic acids is 2. The molecule has 8 atom stereocenters. The number of ether oxygens (including phenoxy) is 2. The second-order valence-electron chi connectivity index (χ2n) is 8.68. The van der Waals surface area contributed by atoms with E-state index in [-0.39, 0.29) is 5.78 Å². The van der Waals surface area contributed by atoms with Crippen LogP contribution in [0.25, 0.3) is 0 Å². The molecular weight excluding hydrogens is 336 g/mol. The highest BCUT2D eigenvalue weighted by Crippen LogP contribution is 2.63. The van der Waals surface area contributed by atoms with Crippen molar-refractivity contribution in [3.8, 4) is 0 Å².